The molecule has 0 radical (unpaired) electrons. The summed E-state index contributed by atoms with van der Waals surface area (Å²) in [6, 6.07) is 12.7. The first-order valence-corrected chi connectivity index (χ1v) is 10.0. The van der Waals surface area contributed by atoms with E-state index in [-0.39, 0.29) is 25.0 Å². The first-order chi connectivity index (χ1) is 13.6. The van der Waals surface area contributed by atoms with E-state index in [4.69, 9.17) is 9.84 Å². The van der Waals surface area contributed by atoms with Crippen molar-refractivity contribution < 1.29 is 19.0 Å². The summed E-state index contributed by atoms with van der Waals surface area (Å²) in [4.78, 5) is 10.6. The summed E-state index contributed by atoms with van der Waals surface area (Å²) < 4.78 is 20.9. The van der Waals surface area contributed by atoms with Crippen LogP contribution >= 0.6 is 0 Å². The van der Waals surface area contributed by atoms with Gasteiger partial charge in [-0.1, -0.05) is 43.7 Å². The van der Waals surface area contributed by atoms with Crippen molar-refractivity contribution >= 4 is 5.97 Å². The number of carbonyl (C=O) groups is 1. The van der Waals surface area contributed by atoms with Crippen LogP contribution in [0.3, 0.4) is 0 Å². The third kappa shape index (κ3) is 5.32. The second kappa shape index (κ2) is 9.69. The van der Waals surface area contributed by atoms with Gasteiger partial charge in [-0.25, -0.2) is 4.39 Å². The third-order valence-electron chi connectivity index (χ3n) is 5.51. The number of ether oxygens (including phenoxy) is 1. The SMILES string of the molecule is CCC1CCC(Oc2ccc(-c3cccc(CNCC(=O)O)c3F)cc2)CC1. The van der Waals surface area contributed by atoms with Crippen LogP contribution in [0.1, 0.15) is 44.6 Å². The van der Waals surface area contributed by atoms with Crippen molar-refractivity contribution in [1.29, 1.82) is 0 Å². The number of carboxylic acids is 1. The number of hydrogen-bond acceptors (Lipinski definition) is 3. The van der Waals surface area contributed by atoms with Gasteiger partial charge in [-0.3, -0.25) is 4.79 Å². The molecule has 0 aliphatic heterocycles. The van der Waals surface area contributed by atoms with Gasteiger partial charge in [0.15, 0.2) is 0 Å². The molecular formula is C23H28FNO3. The Morgan fingerprint density at radius 1 is 1.14 bits per heavy atom. The summed E-state index contributed by atoms with van der Waals surface area (Å²) >= 11 is 0. The molecule has 150 valence electrons. The van der Waals surface area contributed by atoms with Gasteiger partial charge in [0.1, 0.15) is 11.6 Å². The zero-order chi connectivity index (χ0) is 19.9. The number of nitrogens with one attached hydrogen (secondary N) is 1. The second-order valence-electron chi connectivity index (χ2n) is 7.47. The molecule has 0 amide bonds. The van der Waals surface area contributed by atoms with Gasteiger partial charge in [-0.15, -0.1) is 0 Å². The molecule has 1 fully saturated rings. The number of hydrogen-bond donors (Lipinski definition) is 2. The average molecular weight is 385 g/mol. The van der Waals surface area contributed by atoms with E-state index < -0.39 is 5.97 Å². The Morgan fingerprint density at radius 2 is 1.86 bits per heavy atom. The van der Waals surface area contributed by atoms with Crippen LogP contribution in [0.2, 0.25) is 0 Å². The molecule has 0 unspecified atom stereocenters. The maximum atomic E-state index is 14.8. The van der Waals surface area contributed by atoms with Crippen molar-refractivity contribution in [3.63, 3.8) is 0 Å². The van der Waals surface area contributed by atoms with Gasteiger partial charge in [0.05, 0.1) is 12.6 Å². The minimum Gasteiger partial charge on any atom is -0.490 e. The van der Waals surface area contributed by atoms with Crippen LogP contribution in [0.5, 0.6) is 5.75 Å². The van der Waals surface area contributed by atoms with Crippen LogP contribution in [0, 0.1) is 11.7 Å². The molecule has 2 aromatic rings. The summed E-state index contributed by atoms with van der Waals surface area (Å²) in [6.45, 7) is 2.23. The minimum atomic E-state index is -0.963. The Kier molecular flexibility index (Phi) is 7.04. The van der Waals surface area contributed by atoms with Gasteiger partial charge >= 0.3 is 5.97 Å². The molecule has 0 saturated heterocycles. The molecule has 0 spiro atoms. The zero-order valence-electron chi connectivity index (χ0n) is 16.3. The van der Waals surface area contributed by atoms with E-state index in [9.17, 15) is 9.18 Å². The van der Waals surface area contributed by atoms with Crippen molar-refractivity contribution in [1.82, 2.24) is 5.32 Å². The van der Waals surface area contributed by atoms with E-state index in [2.05, 4.69) is 12.2 Å². The van der Waals surface area contributed by atoms with Crippen LogP contribution in [0.15, 0.2) is 42.5 Å². The Labute approximate surface area is 165 Å². The lowest BCUT2D eigenvalue weighted by Crippen LogP contribution is -2.23. The normalized spacial score (nSPS) is 19.4. The molecule has 1 aliphatic carbocycles. The second-order valence-corrected chi connectivity index (χ2v) is 7.47. The van der Waals surface area contributed by atoms with Gasteiger partial charge < -0.3 is 15.2 Å². The zero-order valence-corrected chi connectivity index (χ0v) is 16.3. The lowest BCUT2D eigenvalue weighted by Gasteiger charge is -2.28. The van der Waals surface area contributed by atoms with E-state index in [1.165, 1.54) is 19.3 Å². The van der Waals surface area contributed by atoms with Crippen molar-refractivity contribution in [3.8, 4) is 16.9 Å². The van der Waals surface area contributed by atoms with Crippen LogP contribution in [-0.2, 0) is 11.3 Å². The van der Waals surface area contributed by atoms with Crippen molar-refractivity contribution in [3.05, 3.63) is 53.8 Å². The van der Waals surface area contributed by atoms with E-state index in [1.54, 1.807) is 18.2 Å². The molecule has 0 bridgehead atoms. The highest BCUT2D eigenvalue weighted by Gasteiger charge is 2.21. The summed E-state index contributed by atoms with van der Waals surface area (Å²) in [5.41, 5.74) is 1.73. The van der Waals surface area contributed by atoms with Gasteiger partial charge in [-0.05, 0) is 49.3 Å². The van der Waals surface area contributed by atoms with Crippen LogP contribution in [0.4, 0.5) is 4.39 Å². The Balaban J connectivity index is 1.64. The lowest BCUT2D eigenvalue weighted by atomic mass is 9.86. The molecule has 0 aromatic heterocycles. The molecule has 2 aromatic carbocycles. The lowest BCUT2D eigenvalue weighted by molar-refractivity contribution is -0.136. The van der Waals surface area contributed by atoms with Gasteiger partial charge in [-0.2, -0.15) is 0 Å². The first-order valence-electron chi connectivity index (χ1n) is 10.0. The van der Waals surface area contributed by atoms with Crippen LogP contribution < -0.4 is 10.1 Å². The summed E-state index contributed by atoms with van der Waals surface area (Å²) in [7, 11) is 0. The highest BCUT2D eigenvalue weighted by atomic mass is 19.1. The fourth-order valence-corrected chi connectivity index (χ4v) is 3.81. The fraction of sp³-hybridized carbons (Fsp3) is 0.435. The third-order valence-corrected chi connectivity index (χ3v) is 5.51. The largest absolute Gasteiger partial charge is 0.490 e. The van der Waals surface area contributed by atoms with Crippen LogP contribution in [0.25, 0.3) is 11.1 Å². The standard InChI is InChI=1S/C23H28FNO3/c1-2-16-6-10-19(11-7-16)28-20-12-8-17(9-13-20)21-5-3-4-18(23(21)24)14-25-15-22(26)27/h3-5,8-9,12-13,16,19,25H,2,6-7,10-11,14-15H2,1H3,(H,26,27). The van der Waals surface area contributed by atoms with E-state index in [1.807, 2.05) is 24.3 Å². The van der Waals surface area contributed by atoms with E-state index in [0.29, 0.717) is 11.1 Å². The molecule has 2 N–H and O–H groups in total. The fourth-order valence-electron chi connectivity index (χ4n) is 3.81. The maximum absolute atomic E-state index is 14.8. The molecule has 5 heteroatoms. The molecular weight excluding hydrogens is 357 g/mol. The van der Waals surface area contributed by atoms with E-state index >= 15 is 0 Å². The quantitative estimate of drug-likeness (QED) is 0.670. The summed E-state index contributed by atoms with van der Waals surface area (Å²) in [6.07, 6.45) is 6.17. The molecule has 28 heavy (non-hydrogen) atoms. The van der Waals surface area contributed by atoms with Gasteiger partial charge in [0.25, 0.3) is 0 Å². The van der Waals surface area contributed by atoms with Crippen molar-refractivity contribution in [2.45, 2.75) is 51.7 Å². The average Bonchev–Trinajstić information content (AvgIpc) is 2.70. The Hall–Kier alpha value is -2.40. The number of halogens is 1. The molecule has 4 nitrogen and oxygen atoms in total. The maximum Gasteiger partial charge on any atom is 0.317 e. The topological polar surface area (TPSA) is 58.6 Å². The molecule has 0 atom stereocenters. The van der Waals surface area contributed by atoms with Crippen molar-refractivity contribution in [2.75, 3.05) is 6.54 Å². The van der Waals surface area contributed by atoms with Crippen LogP contribution in [-0.4, -0.2) is 23.7 Å². The smallest absolute Gasteiger partial charge is 0.317 e. The Bertz CT molecular complexity index is 783. The predicted molar refractivity (Wildman–Crippen MR) is 108 cm³/mol. The monoisotopic (exact) mass is 385 g/mol. The minimum absolute atomic E-state index is 0.174. The van der Waals surface area contributed by atoms with Gasteiger partial charge in [0.2, 0.25) is 0 Å². The molecule has 1 saturated carbocycles. The molecule has 0 heterocycles. The summed E-state index contributed by atoms with van der Waals surface area (Å²) in [5, 5.41) is 11.4. The predicted octanol–water partition coefficient (Wildman–Crippen LogP) is 5.01. The van der Waals surface area contributed by atoms with Gasteiger partial charge in [0, 0.05) is 17.7 Å². The molecule has 1 aliphatic rings. The highest BCUT2D eigenvalue weighted by molar-refractivity contribution is 5.69. The first kappa shape index (κ1) is 20.3. The van der Waals surface area contributed by atoms with Crippen molar-refractivity contribution in [2.24, 2.45) is 5.92 Å². The van der Waals surface area contributed by atoms with E-state index in [0.717, 1.165) is 30.1 Å². The number of carboxylic acid groups (broad SMARTS) is 1. The Morgan fingerprint density at radius 3 is 2.50 bits per heavy atom. The molecule has 3 rings (SSSR count). The summed E-state index contributed by atoms with van der Waals surface area (Å²) in [5.74, 6) is 0.369. The number of aliphatic carboxylic acids is 1. The number of benzene rings is 2. The number of rotatable bonds is 8. The highest BCUT2D eigenvalue weighted by Crippen LogP contribution is 2.31.